The first-order valence-corrected chi connectivity index (χ1v) is 8.79. The van der Waals surface area contributed by atoms with Gasteiger partial charge in [-0.05, 0) is 25.5 Å². The average molecular weight is 388 g/mol. The van der Waals surface area contributed by atoms with Crippen molar-refractivity contribution in [1.82, 2.24) is 15.5 Å². The SMILES string of the molecule is CC(N)CNC(=O)COc1cccc2c1C(=O)N(C1CCC(=O)NC1=O)C2=O. The van der Waals surface area contributed by atoms with Crippen LogP contribution in [-0.2, 0) is 14.4 Å². The van der Waals surface area contributed by atoms with Crippen molar-refractivity contribution in [2.24, 2.45) is 5.73 Å². The largest absolute Gasteiger partial charge is 0.483 e. The van der Waals surface area contributed by atoms with Gasteiger partial charge in [0.2, 0.25) is 11.8 Å². The van der Waals surface area contributed by atoms with Crippen molar-refractivity contribution in [2.75, 3.05) is 13.2 Å². The highest BCUT2D eigenvalue weighted by Crippen LogP contribution is 2.33. The third kappa shape index (κ3) is 3.72. The van der Waals surface area contributed by atoms with Crippen molar-refractivity contribution in [1.29, 1.82) is 0 Å². The zero-order valence-electron chi connectivity index (χ0n) is 15.2. The molecule has 0 spiro atoms. The Morgan fingerprint density at radius 1 is 1.32 bits per heavy atom. The Balaban J connectivity index is 1.77. The maximum atomic E-state index is 12.9. The van der Waals surface area contributed by atoms with E-state index in [0.29, 0.717) is 0 Å². The summed E-state index contributed by atoms with van der Waals surface area (Å²) in [6.45, 7) is 1.65. The molecule has 1 aromatic carbocycles. The number of hydrogen-bond donors (Lipinski definition) is 3. The van der Waals surface area contributed by atoms with Crippen LogP contribution >= 0.6 is 0 Å². The molecule has 148 valence electrons. The highest BCUT2D eigenvalue weighted by Gasteiger charge is 2.46. The molecule has 5 amide bonds. The zero-order valence-corrected chi connectivity index (χ0v) is 15.2. The number of amides is 5. The molecule has 0 bridgehead atoms. The van der Waals surface area contributed by atoms with Crippen LogP contribution in [0.4, 0.5) is 0 Å². The molecule has 3 rings (SSSR count). The van der Waals surface area contributed by atoms with E-state index in [4.69, 9.17) is 10.5 Å². The van der Waals surface area contributed by atoms with Gasteiger partial charge in [-0.15, -0.1) is 0 Å². The lowest BCUT2D eigenvalue weighted by Crippen LogP contribution is -2.54. The minimum Gasteiger partial charge on any atom is -0.483 e. The summed E-state index contributed by atoms with van der Waals surface area (Å²) >= 11 is 0. The average Bonchev–Trinajstić information content (AvgIpc) is 2.90. The molecule has 10 nitrogen and oxygen atoms in total. The standard InChI is InChI=1S/C18H20N4O6/c1-9(19)7-20-14(24)8-28-12-4-2-3-10-15(12)18(27)22(17(10)26)11-5-6-13(23)21-16(11)25/h2-4,9,11H,5-8,19H2,1H3,(H,20,24)(H,21,23,25). The second kappa shape index (κ2) is 7.77. The van der Waals surface area contributed by atoms with Crippen LogP contribution in [0.2, 0.25) is 0 Å². The van der Waals surface area contributed by atoms with Gasteiger partial charge in [0.05, 0.1) is 11.1 Å². The quantitative estimate of drug-likeness (QED) is 0.526. The van der Waals surface area contributed by atoms with Crippen LogP contribution in [0.5, 0.6) is 5.75 Å². The summed E-state index contributed by atoms with van der Waals surface area (Å²) < 4.78 is 5.43. The molecule has 1 aromatic rings. The number of piperidine rings is 1. The third-order valence-electron chi connectivity index (χ3n) is 4.41. The van der Waals surface area contributed by atoms with Crippen molar-refractivity contribution in [3.05, 3.63) is 29.3 Å². The lowest BCUT2D eigenvalue weighted by Gasteiger charge is -2.27. The van der Waals surface area contributed by atoms with E-state index in [1.807, 2.05) is 0 Å². The molecule has 4 N–H and O–H groups in total. The van der Waals surface area contributed by atoms with Crippen molar-refractivity contribution in [3.63, 3.8) is 0 Å². The van der Waals surface area contributed by atoms with E-state index in [0.717, 1.165) is 4.90 Å². The number of fused-ring (bicyclic) bond motifs is 1. The lowest BCUT2D eigenvalue weighted by molar-refractivity contribution is -0.136. The number of ether oxygens (including phenoxy) is 1. The molecule has 1 fully saturated rings. The number of rotatable bonds is 6. The maximum Gasteiger partial charge on any atom is 0.266 e. The van der Waals surface area contributed by atoms with E-state index in [1.54, 1.807) is 6.92 Å². The fourth-order valence-corrected chi connectivity index (χ4v) is 3.07. The number of carbonyl (C=O) groups is 5. The Morgan fingerprint density at radius 2 is 2.07 bits per heavy atom. The first-order valence-electron chi connectivity index (χ1n) is 8.79. The second-order valence-electron chi connectivity index (χ2n) is 6.70. The first-order chi connectivity index (χ1) is 13.3. The summed E-state index contributed by atoms with van der Waals surface area (Å²) in [5.74, 6) is -2.82. The minimum atomic E-state index is -1.06. The molecule has 2 heterocycles. The Kier molecular flexibility index (Phi) is 5.41. The molecule has 0 aromatic heterocycles. The number of nitrogens with one attached hydrogen (secondary N) is 2. The minimum absolute atomic E-state index is 0.00260. The van der Waals surface area contributed by atoms with Gasteiger partial charge < -0.3 is 15.8 Å². The molecule has 28 heavy (non-hydrogen) atoms. The van der Waals surface area contributed by atoms with E-state index < -0.39 is 35.6 Å². The van der Waals surface area contributed by atoms with Crippen molar-refractivity contribution in [2.45, 2.75) is 31.8 Å². The van der Waals surface area contributed by atoms with Crippen LogP contribution in [-0.4, -0.2) is 59.7 Å². The van der Waals surface area contributed by atoms with Crippen molar-refractivity contribution >= 4 is 29.5 Å². The molecule has 2 atom stereocenters. The van der Waals surface area contributed by atoms with Gasteiger partial charge >= 0.3 is 0 Å². The molecular formula is C18H20N4O6. The number of imide groups is 2. The molecule has 1 saturated heterocycles. The fourth-order valence-electron chi connectivity index (χ4n) is 3.07. The Labute approximate surface area is 160 Å². The summed E-state index contributed by atoms with van der Waals surface area (Å²) in [4.78, 5) is 61.6. The number of nitrogens with zero attached hydrogens (tertiary/aromatic N) is 1. The Hall–Kier alpha value is -3.27. The van der Waals surface area contributed by atoms with Crippen LogP contribution in [0, 0.1) is 0 Å². The van der Waals surface area contributed by atoms with E-state index in [9.17, 15) is 24.0 Å². The van der Waals surface area contributed by atoms with Gasteiger partial charge in [-0.25, -0.2) is 0 Å². The summed E-state index contributed by atoms with van der Waals surface area (Å²) in [5, 5.41) is 4.71. The monoisotopic (exact) mass is 388 g/mol. The molecule has 0 radical (unpaired) electrons. The molecule has 10 heteroatoms. The summed E-state index contributed by atoms with van der Waals surface area (Å²) in [7, 11) is 0. The highest BCUT2D eigenvalue weighted by molar-refractivity contribution is 6.24. The van der Waals surface area contributed by atoms with Crippen LogP contribution < -0.4 is 21.1 Å². The first kappa shape index (κ1) is 19.5. The summed E-state index contributed by atoms with van der Waals surface area (Å²) in [6.07, 6.45) is 0.0961. The number of carbonyl (C=O) groups excluding carboxylic acids is 5. The lowest BCUT2D eigenvalue weighted by atomic mass is 10.0. The summed E-state index contributed by atoms with van der Waals surface area (Å²) in [5.41, 5.74) is 5.65. The van der Waals surface area contributed by atoms with Gasteiger partial charge in [-0.2, -0.15) is 0 Å². The van der Waals surface area contributed by atoms with Gasteiger partial charge in [0.1, 0.15) is 11.8 Å². The second-order valence-corrected chi connectivity index (χ2v) is 6.70. The summed E-state index contributed by atoms with van der Waals surface area (Å²) in [6, 6.07) is 3.16. The normalized spacial score (nSPS) is 19.9. The predicted molar refractivity (Wildman–Crippen MR) is 95.3 cm³/mol. The molecule has 0 aliphatic carbocycles. The highest BCUT2D eigenvalue weighted by atomic mass is 16.5. The van der Waals surface area contributed by atoms with Crippen LogP contribution in [0.15, 0.2) is 18.2 Å². The predicted octanol–water partition coefficient (Wildman–Crippen LogP) is -1.07. The number of benzene rings is 1. The Morgan fingerprint density at radius 3 is 2.75 bits per heavy atom. The van der Waals surface area contributed by atoms with Gasteiger partial charge in [0.15, 0.2) is 6.61 Å². The van der Waals surface area contributed by atoms with Gasteiger partial charge in [0, 0.05) is 19.0 Å². The van der Waals surface area contributed by atoms with Gasteiger partial charge in [-0.1, -0.05) is 6.07 Å². The van der Waals surface area contributed by atoms with Crippen molar-refractivity contribution < 1.29 is 28.7 Å². The van der Waals surface area contributed by atoms with E-state index in [-0.39, 0.29) is 48.9 Å². The zero-order chi connectivity index (χ0) is 20.4. The van der Waals surface area contributed by atoms with Crippen LogP contribution in [0.3, 0.4) is 0 Å². The van der Waals surface area contributed by atoms with E-state index in [2.05, 4.69) is 10.6 Å². The van der Waals surface area contributed by atoms with Gasteiger partial charge in [-0.3, -0.25) is 34.2 Å². The fraction of sp³-hybridized carbons (Fsp3) is 0.389. The van der Waals surface area contributed by atoms with E-state index in [1.165, 1.54) is 18.2 Å². The molecule has 2 aliphatic rings. The maximum absolute atomic E-state index is 12.9. The topological polar surface area (TPSA) is 148 Å². The molecule has 0 saturated carbocycles. The van der Waals surface area contributed by atoms with Crippen LogP contribution in [0.25, 0.3) is 0 Å². The smallest absolute Gasteiger partial charge is 0.266 e. The van der Waals surface area contributed by atoms with E-state index >= 15 is 0 Å². The number of nitrogens with two attached hydrogens (primary N) is 1. The Bertz CT molecular complexity index is 866. The van der Waals surface area contributed by atoms with Crippen LogP contribution in [0.1, 0.15) is 40.5 Å². The molecule has 2 unspecified atom stereocenters. The van der Waals surface area contributed by atoms with Crippen molar-refractivity contribution in [3.8, 4) is 5.75 Å². The molecule has 2 aliphatic heterocycles. The third-order valence-corrected chi connectivity index (χ3v) is 4.41. The van der Waals surface area contributed by atoms with Gasteiger partial charge in [0.25, 0.3) is 17.7 Å². The molecular weight excluding hydrogens is 368 g/mol. The number of hydrogen-bond acceptors (Lipinski definition) is 7.